The highest BCUT2D eigenvalue weighted by Gasteiger charge is 2.48. The number of nitrogens with zero attached hydrogens (tertiary/aromatic N) is 1. The summed E-state index contributed by atoms with van der Waals surface area (Å²) < 4.78 is 10.8. The smallest absolute Gasteiger partial charge is 0.407 e. The average Bonchev–Trinajstić information content (AvgIpc) is 3.49. The number of rotatable bonds is 6. The second-order valence-electron chi connectivity index (χ2n) is 8.92. The van der Waals surface area contributed by atoms with E-state index in [-0.39, 0.29) is 38.0 Å². The molecule has 8 nitrogen and oxygen atoms in total. The van der Waals surface area contributed by atoms with Crippen LogP contribution in [0.25, 0.3) is 11.1 Å². The molecule has 0 aromatic heterocycles. The van der Waals surface area contributed by atoms with E-state index in [4.69, 9.17) is 9.47 Å². The van der Waals surface area contributed by atoms with Crippen molar-refractivity contribution < 1.29 is 29.0 Å². The predicted molar refractivity (Wildman–Crippen MR) is 119 cm³/mol. The molecule has 0 bridgehead atoms. The SMILES string of the molecule is O=C(NC1(CC(=O)N2CCOCC2C(=O)O)CC1)OCC1c2ccccc2-c2ccccc21. The fourth-order valence-corrected chi connectivity index (χ4v) is 4.85. The third-order valence-electron chi connectivity index (χ3n) is 6.79. The van der Waals surface area contributed by atoms with Crippen LogP contribution in [0.1, 0.15) is 36.3 Å². The van der Waals surface area contributed by atoms with Crippen molar-refractivity contribution in [1.82, 2.24) is 10.2 Å². The van der Waals surface area contributed by atoms with Gasteiger partial charge < -0.3 is 24.8 Å². The Morgan fingerprint density at radius 3 is 2.30 bits per heavy atom. The van der Waals surface area contributed by atoms with Crippen molar-refractivity contribution in [3.63, 3.8) is 0 Å². The van der Waals surface area contributed by atoms with Crippen LogP contribution in [0, 0.1) is 0 Å². The van der Waals surface area contributed by atoms with E-state index in [2.05, 4.69) is 29.6 Å². The van der Waals surface area contributed by atoms with Crippen molar-refractivity contribution in [2.45, 2.75) is 36.8 Å². The number of alkyl carbamates (subject to hydrolysis) is 1. The van der Waals surface area contributed by atoms with Crippen molar-refractivity contribution in [3.8, 4) is 11.1 Å². The van der Waals surface area contributed by atoms with Gasteiger partial charge in [-0.05, 0) is 35.1 Å². The quantitative estimate of drug-likeness (QED) is 0.701. The van der Waals surface area contributed by atoms with E-state index in [1.807, 2.05) is 24.3 Å². The second-order valence-corrected chi connectivity index (χ2v) is 8.92. The third-order valence-corrected chi connectivity index (χ3v) is 6.79. The van der Waals surface area contributed by atoms with E-state index in [1.54, 1.807) is 0 Å². The Balaban J connectivity index is 1.20. The lowest BCUT2D eigenvalue weighted by Crippen LogP contribution is -2.54. The summed E-state index contributed by atoms with van der Waals surface area (Å²) in [6.45, 7) is 0.724. The Labute approximate surface area is 191 Å². The molecule has 0 spiro atoms. The second kappa shape index (κ2) is 8.51. The summed E-state index contributed by atoms with van der Waals surface area (Å²) in [7, 11) is 0. The highest BCUT2D eigenvalue weighted by atomic mass is 16.5. The highest BCUT2D eigenvalue weighted by Crippen LogP contribution is 2.44. The summed E-state index contributed by atoms with van der Waals surface area (Å²) in [6.07, 6.45) is 0.815. The molecule has 1 heterocycles. The van der Waals surface area contributed by atoms with Gasteiger partial charge >= 0.3 is 12.1 Å². The minimum atomic E-state index is -1.09. The molecule has 3 aliphatic rings. The first-order chi connectivity index (χ1) is 16.0. The fraction of sp³-hybridized carbons (Fsp3) is 0.400. The van der Waals surface area contributed by atoms with Crippen molar-refractivity contribution in [1.29, 1.82) is 0 Å². The Hall–Kier alpha value is -3.39. The van der Waals surface area contributed by atoms with Gasteiger partial charge in [0.2, 0.25) is 5.91 Å². The first-order valence-electron chi connectivity index (χ1n) is 11.2. The molecule has 1 saturated heterocycles. The molecule has 2 N–H and O–H groups in total. The van der Waals surface area contributed by atoms with Crippen molar-refractivity contribution >= 4 is 18.0 Å². The van der Waals surface area contributed by atoms with Gasteiger partial charge in [0, 0.05) is 12.5 Å². The predicted octanol–water partition coefficient (Wildman–Crippen LogP) is 2.76. The zero-order valence-electron chi connectivity index (χ0n) is 18.2. The molecule has 2 aromatic carbocycles. The summed E-state index contributed by atoms with van der Waals surface area (Å²) in [5.41, 5.74) is 3.92. The monoisotopic (exact) mass is 450 g/mol. The van der Waals surface area contributed by atoms with Crippen molar-refractivity contribution in [2.75, 3.05) is 26.4 Å². The van der Waals surface area contributed by atoms with Crippen LogP contribution < -0.4 is 5.32 Å². The maximum absolute atomic E-state index is 12.8. The molecule has 5 rings (SSSR count). The minimum Gasteiger partial charge on any atom is -0.480 e. The molecule has 2 fully saturated rings. The van der Waals surface area contributed by atoms with Gasteiger partial charge in [-0.3, -0.25) is 4.79 Å². The number of carboxylic acids is 1. The summed E-state index contributed by atoms with van der Waals surface area (Å²) in [5.74, 6) is -1.41. The number of hydrogen-bond acceptors (Lipinski definition) is 5. The number of fused-ring (bicyclic) bond motifs is 3. The number of amides is 2. The van der Waals surface area contributed by atoms with Crippen molar-refractivity contribution in [3.05, 3.63) is 59.7 Å². The maximum atomic E-state index is 12.8. The number of ether oxygens (including phenoxy) is 2. The molecule has 1 aliphatic heterocycles. The molecule has 0 radical (unpaired) electrons. The first-order valence-corrected chi connectivity index (χ1v) is 11.2. The van der Waals surface area contributed by atoms with Crippen LogP contribution in [-0.2, 0) is 19.1 Å². The van der Waals surface area contributed by atoms with Crippen LogP contribution in [0.3, 0.4) is 0 Å². The van der Waals surface area contributed by atoms with E-state index in [1.165, 1.54) is 4.90 Å². The van der Waals surface area contributed by atoms with Crippen LogP contribution >= 0.6 is 0 Å². The lowest BCUT2D eigenvalue weighted by molar-refractivity contribution is -0.158. The van der Waals surface area contributed by atoms with E-state index in [9.17, 15) is 19.5 Å². The van der Waals surface area contributed by atoms with Crippen LogP contribution in [-0.4, -0.2) is 65.9 Å². The van der Waals surface area contributed by atoms with Gasteiger partial charge in [-0.25, -0.2) is 9.59 Å². The minimum absolute atomic E-state index is 0.0200. The number of nitrogens with one attached hydrogen (secondary N) is 1. The van der Waals surface area contributed by atoms with Gasteiger partial charge in [0.05, 0.1) is 25.2 Å². The van der Waals surface area contributed by atoms with Gasteiger partial charge in [-0.1, -0.05) is 48.5 Å². The van der Waals surface area contributed by atoms with Crippen LogP contribution in [0.5, 0.6) is 0 Å². The molecule has 8 heteroatoms. The highest BCUT2D eigenvalue weighted by molar-refractivity contribution is 5.85. The Bertz CT molecular complexity index is 1050. The molecule has 2 aromatic rings. The molecular formula is C25H26N2O6. The van der Waals surface area contributed by atoms with E-state index in [0.717, 1.165) is 22.3 Å². The number of benzene rings is 2. The van der Waals surface area contributed by atoms with Crippen LogP contribution in [0.15, 0.2) is 48.5 Å². The summed E-state index contributed by atoms with van der Waals surface area (Å²) in [6, 6.07) is 15.3. The average molecular weight is 450 g/mol. The van der Waals surface area contributed by atoms with Gasteiger partial charge in [0.1, 0.15) is 6.61 Å². The molecule has 1 unspecified atom stereocenters. The van der Waals surface area contributed by atoms with Crippen molar-refractivity contribution in [2.24, 2.45) is 0 Å². The lowest BCUT2D eigenvalue weighted by atomic mass is 9.98. The number of carboxylic acid groups (broad SMARTS) is 1. The van der Waals surface area contributed by atoms with Gasteiger partial charge in [0.25, 0.3) is 0 Å². The number of aliphatic carboxylic acids is 1. The molecule has 33 heavy (non-hydrogen) atoms. The van der Waals surface area contributed by atoms with E-state index >= 15 is 0 Å². The molecule has 2 aliphatic carbocycles. The summed E-state index contributed by atoms with van der Waals surface area (Å²) in [5, 5.41) is 12.2. The summed E-state index contributed by atoms with van der Waals surface area (Å²) >= 11 is 0. The van der Waals surface area contributed by atoms with Gasteiger partial charge in [0.15, 0.2) is 6.04 Å². The molecule has 1 atom stereocenters. The number of hydrogen-bond donors (Lipinski definition) is 2. The molecular weight excluding hydrogens is 424 g/mol. The van der Waals surface area contributed by atoms with Crippen LogP contribution in [0.2, 0.25) is 0 Å². The number of carbonyl (C=O) groups is 3. The van der Waals surface area contributed by atoms with E-state index < -0.39 is 23.6 Å². The molecule has 2 amide bonds. The standard InChI is InChI=1S/C25H26N2O6/c28-22(27-11-12-32-15-21(27)23(29)30)13-25(9-10-25)26-24(31)33-14-20-18-7-3-1-5-16(18)17-6-2-4-8-19(17)20/h1-8,20-21H,9-15H2,(H,26,31)(H,29,30). The third kappa shape index (κ3) is 4.18. The Morgan fingerprint density at radius 2 is 1.70 bits per heavy atom. The maximum Gasteiger partial charge on any atom is 0.407 e. The fourth-order valence-electron chi connectivity index (χ4n) is 4.85. The summed E-state index contributed by atoms with van der Waals surface area (Å²) in [4.78, 5) is 38.2. The Kier molecular flexibility index (Phi) is 5.54. The number of morpholine rings is 1. The number of carbonyl (C=O) groups excluding carboxylic acids is 2. The molecule has 1 saturated carbocycles. The zero-order valence-corrected chi connectivity index (χ0v) is 18.2. The van der Waals surface area contributed by atoms with Gasteiger partial charge in [-0.2, -0.15) is 0 Å². The van der Waals surface area contributed by atoms with Crippen LogP contribution in [0.4, 0.5) is 4.79 Å². The first kappa shape index (κ1) is 21.5. The molecule has 172 valence electrons. The van der Waals surface area contributed by atoms with E-state index in [0.29, 0.717) is 19.4 Å². The van der Waals surface area contributed by atoms with Gasteiger partial charge in [-0.15, -0.1) is 0 Å². The largest absolute Gasteiger partial charge is 0.480 e. The lowest BCUT2D eigenvalue weighted by Gasteiger charge is -2.34. The Morgan fingerprint density at radius 1 is 1.06 bits per heavy atom. The normalized spacial score (nSPS) is 20.5. The zero-order chi connectivity index (χ0) is 23.0. The topological polar surface area (TPSA) is 105 Å².